The third-order valence-corrected chi connectivity index (χ3v) is 7.62. The molecule has 0 radical (unpaired) electrons. The number of nitrogens with zero attached hydrogens (tertiary/aromatic N) is 3. The number of allylic oxidation sites excluding steroid dienone is 1. The fourth-order valence-corrected chi connectivity index (χ4v) is 4.83. The molecule has 1 unspecified atom stereocenters. The molecule has 176 valence electrons. The summed E-state index contributed by atoms with van der Waals surface area (Å²) in [4.78, 5) is 7.78. The Kier molecular flexibility index (Phi) is 11.7. The zero-order chi connectivity index (χ0) is 22.8. The molecule has 0 bridgehead atoms. The average Bonchev–Trinajstić information content (AvgIpc) is 2.75. The smallest absolute Gasteiger partial charge is 0.0592 e. The summed E-state index contributed by atoms with van der Waals surface area (Å²) >= 11 is 11.2. The van der Waals surface area contributed by atoms with E-state index in [4.69, 9.17) is 23.2 Å². The van der Waals surface area contributed by atoms with Crippen molar-refractivity contribution in [3.8, 4) is 0 Å². The summed E-state index contributed by atoms with van der Waals surface area (Å²) in [5.74, 6) is 1.84. The van der Waals surface area contributed by atoms with Crippen molar-refractivity contribution < 1.29 is 0 Å². The first-order valence-corrected chi connectivity index (χ1v) is 12.9. The lowest BCUT2D eigenvalue weighted by Gasteiger charge is -2.48. The van der Waals surface area contributed by atoms with Gasteiger partial charge in [-0.2, -0.15) is 0 Å². The van der Waals surface area contributed by atoms with Crippen molar-refractivity contribution >= 4 is 23.2 Å². The molecule has 4 rings (SSSR count). The van der Waals surface area contributed by atoms with Crippen LogP contribution in [-0.2, 0) is 0 Å². The normalized spacial score (nSPS) is 23.4. The van der Waals surface area contributed by atoms with Crippen molar-refractivity contribution in [3.05, 3.63) is 46.6 Å². The zero-order valence-electron chi connectivity index (χ0n) is 20.1. The van der Waals surface area contributed by atoms with E-state index < -0.39 is 0 Å². The summed E-state index contributed by atoms with van der Waals surface area (Å²) in [5, 5.41) is 1.21. The number of benzene rings is 1. The van der Waals surface area contributed by atoms with Crippen LogP contribution in [-0.4, -0.2) is 67.1 Å². The number of halogens is 2. The molecule has 0 aromatic heterocycles. The molecule has 0 N–H and O–H groups in total. The summed E-state index contributed by atoms with van der Waals surface area (Å²) in [7, 11) is 2.20. The molecule has 31 heavy (non-hydrogen) atoms. The van der Waals surface area contributed by atoms with Gasteiger partial charge < -0.3 is 9.80 Å². The molecule has 1 atom stereocenters. The number of likely N-dealkylation sites (tertiary alicyclic amines) is 3. The van der Waals surface area contributed by atoms with E-state index in [0.29, 0.717) is 10.0 Å². The topological polar surface area (TPSA) is 9.72 Å². The fraction of sp³-hybridized carbons (Fsp3) is 0.692. The van der Waals surface area contributed by atoms with E-state index in [9.17, 15) is 0 Å². The molecule has 0 aliphatic carbocycles. The molecule has 0 spiro atoms. The number of hydrogen-bond donors (Lipinski definition) is 0. The van der Waals surface area contributed by atoms with Gasteiger partial charge in [0.2, 0.25) is 0 Å². The van der Waals surface area contributed by atoms with Gasteiger partial charge in [-0.3, -0.25) is 4.90 Å². The van der Waals surface area contributed by atoms with Crippen molar-refractivity contribution in [2.24, 2.45) is 11.8 Å². The summed E-state index contributed by atoms with van der Waals surface area (Å²) in [6, 6.07) is 8.06. The van der Waals surface area contributed by atoms with Crippen LogP contribution < -0.4 is 0 Å². The molecule has 0 saturated carbocycles. The first-order valence-electron chi connectivity index (χ1n) is 12.2. The van der Waals surface area contributed by atoms with Gasteiger partial charge in [-0.1, -0.05) is 62.7 Å². The van der Waals surface area contributed by atoms with E-state index in [2.05, 4.69) is 35.3 Å². The summed E-state index contributed by atoms with van der Waals surface area (Å²) in [6.07, 6.45) is 6.76. The predicted molar refractivity (Wildman–Crippen MR) is 137 cm³/mol. The van der Waals surface area contributed by atoms with Crippen LogP contribution >= 0.6 is 23.2 Å². The Labute approximate surface area is 201 Å². The second kappa shape index (κ2) is 13.7. The molecular formula is C26H43Cl2N3. The lowest BCUT2D eigenvalue weighted by Crippen LogP contribution is -2.60. The van der Waals surface area contributed by atoms with Crippen LogP contribution in [0.3, 0.4) is 0 Å². The van der Waals surface area contributed by atoms with Gasteiger partial charge in [0.1, 0.15) is 0 Å². The highest BCUT2D eigenvalue weighted by molar-refractivity contribution is 6.41. The predicted octanol–water partition coefficient (Wildman–Crippen LogP) is 6.67. The second-order valence-corrected chi connectivity index (χ2v) is 10.0. The maximum absolute atomic E-state index is 5.58. The molecule has 3 heterocycles. The summed E-state index contributed by atoms with van der Waals surface area (Å²) < 4.78 is 0. The molecule has 3 fully saturated rings. The van der Waals surface area contributed by atoms with Gasteiger partial charge in [0, 0.05) is 38.4 Å². The van der Waals surface area contributed by atoms with Gasteiger partial charge in [0.25, 0.3) is 0 Å². The van der Waals surface area contributed by atoms with Crippen molar-refractivity contribution in [3.63, 3.8) is 0 Å². The third kappa shape index (κ3) is 8.61. The van der Waals surface area contributed by atoms with Crippen LogP contribution in [0.2, 0.25) is 10.0 Å². The van der Waals surface area contributed by atoms with Gasteiger partial charge in [0.05, 0.1) is 10.0 Å². The lowest BCUT2D eigenvalue weighted by molar-refractivity contribution is 0.0121. The van der Waals surface area contributed by atoms with E-state index in [0.717, 1.165) is 17.9 Å². The first kappa shape index (κ1) is 26.5. The molecule has 3 saturated heterocycles. The van der Waals surface area contributed by atoms with E-state index in [-0.39, 0.29) is 0 Å². The van der Waals surface area contributed by atoms with E-state index in [1.54, 1.807) is 12.1 Å². The van der Waals surface area contributed by atoms with Gasteiger partial charge in [-0.05, 0) is 75.7 Å². The maximum atomic E-state index is 5.58. The minimum atomic E-state index is 0.606. The molecule has 3 nitrogen and oxygen atoms in total. The third-order valence-electron chi connectivity index (χ3n) is 6.86. The minimum absolute atomic E-state index is 0.606. The quantitative estimate of drug-likeness (QED) is 0.489. The van der Waals surface area contributed by atoms with Crippen LogP contribution in [0.5, 0.6) is 0 Å². The highest BCUT2D eigenvalue weighted by Crippen LogP contribution is 2.27. The van der Waals surface area contributed by atoms with Crippen molar-refractivity contribution in [2.45, 2.75) is 58.9 Å². The number of rotatable bonds is 4. The molecule has 1 aromatic carbocycles. The van der Waals surface area contributed by atoms with Crippen molar-refractivity contribution in [2.75, 3.05) is 46.3 Å². The molecular weight excluding hydrogens is 425 g/mol. The Morgan fingerprint density at radius 3 is 2.06 bits per heavy atom. The van der Waals surface area contributed by atoms with Gasteiger partial charge in [-0.15, -0.1) is 0 Å². The number of hydrogen-bond acceptors (Lipinski definition) is 3. The van der Waals surface area contributed by atoms with E-state index in [1.165, 1.54) is 77.1 Å². The molecule has 0 amide bonds. The van der Waals surface area contributed by atoms with Gasteiger partial charge in [0.15, 0.2) is 0 Å². The van der Waals surface area contributed by atoms with E-state index in [1.807, 2.05) is 26.0 Å². The molecule has 5 heteroatoms. The molecule has 3 aliphatic heterocycles. The Morgan fingerprint density at radius 2 is 1.55 bits per heavy atom. The highest BCUT2D eigenvalue weighted by Gasteiger charge is 2.33. The maximum Gasteiger partial charge on any atom is 0.0592 e. The number of piperidine rings is 2. The molecule has 3 aliphatic rings. The van der Waals surface area contributed by atoms with Crippen molar-refractivity contribution in [1.82, 2.24) is 14.7 Å². The first-order chi connectivity index (χ1) is 14.9. The summed E-state index contributed by atoms with van der Waals surface area (Å²) in [5.41, 5.74) is 1.33. The van der Waals surface area contributed by atoms with Gasteiger partial charge >= 0.3 is 0 Å². The highest BCUT2D eigenvalue weighted by atomic mass is 35.5. The van der Waals surface area contributed by atoms with Crippen LogP contribution in [0, 0.1) is 11.8 Å². The van der Waals surface area contributed by atoms with E-state index >= 15 is 0 Å². The Bertz CT molecular complexity index is 631. The Balaban J connectivity index is 0.000000286. The average molecular weight is 469 g/mol. The zero-order valence-corrected chi connectivity index (χ0v) is 21.6. The van der Waals surface area contributed by atoms with Crippen molar-refractivity contribution in [1.29, 1.82) is 0 Å². The fourth-order valence-electron chi connectivity index (χ4n) is 4.56. The van der Waals surface area contributed by atoms with Crippen LogP contribution in [0.15, 0.2) is 36.5 Å². The van der Waals surface area contributed by atoms with Crippen LogP contribution in [0.1, 0.15) is 52.9 Å². The minimum Gasteiger partial charge on any atom is -0.378 e. The standard InChI is InChI=1S/C18H33N3.C6H4Cl2.C2H6/c1-15-6-10-21(11-7-15)18-13-20(14-18)9-8-17-5-4-16(2)19(3)12-17;7-5-3-1-2-4-6(5)8;1-2/h15,17-18H,2,4-14H2,1,3H3;1-4H;1-2H3. The Hall–Kier alpha value is -0.740. The monoisotopic (exact) mass is 467 g/mol. The van der Waals surface area contributed by atoms with Gasteiger partial charge in [-0.25, -0.2) is 0 Å². The second-order valence-electron chi connectivity index (χ2n) is 9.19. The SMILES string of the molecule is C=C1CCC(CCN2CC(N3CCC(C)CC3)C2)CN1C.CC.Clc1ccccc1Cl. The molecule has 1 aromatic rings. The Morgan fingerprint density at radius 1 is 0.968 bits per heavy atom. The lowest BCUT2D eigenvalue weighted by atomic mass is 9.92. The summed E-state index contributed by atoms with van der Waals surface area (Å²) in [6.45, 7) is 18.4. The van der Waals surface area contributed by atoms with Crippen LogP contribution in [0.25, 0.3) is 0 Å². The largest absolute Gasteiger partial charge is 0.378 e. The van der Waals surface area contributed by atoms with Crippen LogP contribution in [0.4, 0.5) is 0 Å².